The van der Waals surface area contributed by atoms with E-state index in [9.17, 15) is 9.59 Å². The van der Waals surface area contributed by atoms with Crippen molar-refractivity contribution in [2.24, 2.45) is 5.73 Å². The van der Waals surface area contributed by atoms with Crippen molar-refractivity contribution in [3.05, 3.63) is 35.4 Å². The highest BCUT2D eigenvalue weighted by atomic mass is 16.5. The third-order valence-electron chi connectivity index (χ3n) is 3.33. The van der Waals surface area contributed by atoms with E-state index in [1.54, 1.807) is 24.3 Å². The lowest BCUT2D eigenvalue weighted by Crippen LogP contribution is -2.54. The first-order valence-electron chi connectivity index (χ1n) is 6.37. The molecule has 1 amide bonds. The van der Waals surface area contributed by atoms with Crippen LogP contribution in [0.3, 0.4) is 0 Å². The smallest absolute Gasteiger partial charge is 0.337 e. The van der Waals surface area contributed by atoms with E-state index in [0.717, 1.165) is 5.56 Å². The zero-order chi connectivity index (χ0) is 14.6. The van der Waals surface area contributed by atoms with Crippen LogP contribution in [0.5, 0.6) is 0 Å². The van der Waals surface area contributed by atoms with Gasteiger partial charge in [0.2, 0.25) is 5.91 Å². The largest absolute Gasteiger partial charge is 0.465 e. The molecule has 6 nitrogen and oxygen atoms in total. The van der Waals surface area contributed by atoms with Crippen molar-refractivity contribution in [2.75, 3.05) is 20.3 Å². The number of methoxy groups -OCH3 is 1. The Morgan fingerprint density at radius 2 is 2.10 bits per heavy atom. The maximum Gasteiger partial charge on any atom is 0.337 e. The molecule has 0 radical (unpaired) electrons. The Bertz CT molecular complexity index is 492. The van der Waals surface area contributed by atoms with E-state index >= 15 is 0 Å². The second kappa shape index (κ2) is 6.02. The van der Waals surface area contributed by atoms with Gasteiger partial charge in [0.15, 0.2) is 0 Å². The predicted molar refractivity (Wildman–Crippen MR) is 72.0 cm³/mol. The molecule has 0 spiro atoms. The summed E-state index contributed by atoms with van der Waals surface area (Å²) in [6.07, 6.45) is 0.528. The van der Waals surface area contributed by atoms with Crippen LogP contribution in [0.4, 0.5) is 0 Å². The lowest BCUT2D eigenvalue weighted by molar-refractivity contribution is -0.126. The fourth-order valence-electron chi connectivity index (χ4n) is 1.99. The van der Waals surface area contributed by atoms with Crippen molar-refractivity contribution in [2.45, 2.75) is 18.5 Å². The summed E-state index contributed by atoms with van der Waals surface area (Å²) in [7, 11) is 1.33. The molecule has 0 saturated carbocycles. The van der Waals surface area contributed by atoms with Gasteiger partial charge in [0.1, 0.15) is 5.54 Å². The van der Waals surface area contributed by atoms with Crippen molar-refractivity contribution in [3.8, 4) is 0 Å². The summed E-state index contributed by atoms with van der Waals surface area (Å²) < 4.78 is 9.77. The zero-order valence-corrected chi connectivity index (χ0v) is 11.3. The van der Waals surface area contributed by atoms with Gasteiger partial charge in [0, 0.05) is 13.2 Å². The Labute approximate surface area is 117 Å². The normalized spacial score (nSPS) is 21.5. The second-order valence-corrected chi connectivity index (χ2v) is 4.83. The monoisotopic (exact) mass is 278 g/mol. The SMILES string of the molecule is COC(=O)c1ccc(CNC(=O)C2(N)CCOC2)cc1. The number of carbonyl (C=O) groups is 2. The fraction of sp³-hybridized carbons (Fsp3) is 0.429. The molecule has 3 N–H and O–H groups in total. The van der Waals surface area contributed by atoms with Gasteiger partial charge >= 0.3 is 5.97 Å². The third kappa shape index (κ3) is 3.15. The average Bonchev–Trinajstić information content (AvgIpc) is 2.92. The molecule has 6 heteroatoms. The van der Waals surface area contributed by atoms with Crippen LogP contribution in [0.25, 0.3) is 0 Å². The van der Waals surface area contributed by atoms with Crippen molar-refractivity contribution < 1.29 is 19.1 Å². The van der Waals surface area contributed by atoms with Crippen LogP contribution in [0, 0.1) is 0 Å². The summed E-state index contributed by atoms with van der Waals surface area (Å²) in [5.41, 5.74) is 6.38. The molecule has 1 aromatic rings. The summed E-state index contributed by atoms with van der Waals surface area (Å²) in [5.74, 6) is -0.600. The van der Waals surface area contributed by atoms with Gasteiger partial charge in [-0.2, -0.15) is 0 Å². The molecule has 1 aliphatic rings. The Morgan fingerprint density at radius 3 is 2.65 bits per heavy atom. The highest BCUT2D eigenvalue weighted by Gasteiger charge is 2.37. The molecule has 108 valence electrons. The maximum atomic E-state index is 12.0. The summed E-state index contributed by atoms with van der Waals surface area (Å²) in [6.45, 7) is 1.12. The zero-order valence-electron chi connectivity index (χ0n) is 11.3. The van der Waals surface area contributed by atoms with Gasteiger partial charge in [-0.25, -0.2) is 4.79 Å². The summed E-state index contributed by atoms with van der Waals surface area (Å²) in [4.78, 5) is 23.3. The average molecular weight is 278 g/mol. The number of ether oxygens (including phenoxy) is 2. The number of carbonyl (C=O) groups excluding carboxylic acids is 2. The fourth-order valence-corrected chi connectivity index (χ4v) is 1.99. The topological polar surface area (TPSA) is 90.7 Å². The lowest BCUT2D eigenvalue weighted by atomic mass is 9.99. The number of hydrogen-bond acceptors (Lipinski definition) is 5. The first kappa shape index (κ1) is 14.5. The first-order valence-corrected chi connectivity index (χ1v) is 6.37. The standard InChI is InChI=1S/C14H18N2O4/c1-19-12(17)11-4-2-10(3-5-11)8-16-13(18)14(15)6-7-20-9-14/h2-5H,6-9,15H2,1H3,(H,16,18). The number of hydrogen-bond donors (Lipinski definition) is 2. The highest BCUT2D eigenvalue weighted by molar-refractivity contribution is 5.89. The molecule has 0 bridgehead atoms. The minimum atomic E-state index is -0.925. The van der Waals surface area contributed by atoms with Crippen LogP contribution < -0.4 is 11.1 Å². The molecule has 1 saturated heterocycles. The van der Waals surface area contributed by atoms with Gasteiger partial charge in [-0.15, -0.1) is 0 Å². The Hall–Kier alpha value is -1.92. The molecule has 0 aromatic heterocycles. The summed E-state index contributed by atoms with van der Waals surface area (Å²) in [5, 5.41) is 2.78. The minimum Gasteiger partial charge on any atom is -0.465 e. The minimum absolute atomic E-state index is 0.216. The Morgan fingerprint density at radius 1 is 1.40 bits per heavy atom. The van der Waals surface area contributed by atoms with Gasteiger partial charge in [0.25, 0.3) is 0 Å². The van der Waals surface area contributed by atoms with Gasteiger partial charge in [0.05, 0.1) is 19.3 Å². The van der Waals surface area contributed by atoms with E-state index in [0.29, 0.717) is 25.1 Å². The number of amides is 1. The quantitative estimate of drug-likeness (QED) is 0.768. The van der Waals surface area contributed by atoms with E-state index in [1.807, 2.05) is 0 Å². The van der Waals surface area contributed by atoms with Crippen LogP contribution in [0.15, 0.2) is 24.3 Å². The van der Waals surface area contributed by atoms with Crippen LogP contribution in [0.1, 0.15) is 22.3 Å². The Kier molecular flexibility index (Phi) is 4.36. The number of nitrogens with one attached hydrogen (secondary N) is 1. The lowest BCUT2D eigenvalue weighted by Gasteiger charge is -2.20. The molecule has 0 aliphatic carbocycles. The molecule has 20 heavy (non-hydrogen) atoms. The molecule has 1 heterocycles. The van der Waals surface area contributed by atoms with E-state index in [-0.39, 0.29) is 18.5 Å². The van der Waals surface area contributed by atoms with Crippen molar-refractivity contribution in [1.82, 2.24) is 5.32 Å². The molecule has 1 unspecified atom stereocenters. The first-order chi connectivity index (χ1) is 9.55. The molecule has 1 atom stereocenters. The highest BCUT2D eigenvalue weighted by Crippen LogP contribution is 2.15. The van der Waals surface area contributed by atoms with Crippen molar-refractivity contribution in [1.29, 1.82) is 0 Å². The van der Waals surface area contributed by atoms with E-state index < -0.39 is 5.54 Å². The van der Waals surface area contributed by atoms with E-state index in [1.165, 1.54) is 7.11 Å². The maximum absolute atomic E-state index is 12.0. The van der Waals surface area contributed by atoms with Crippen molar-refractivity contribution in [3.63, 3.8) is 0 Å². The molecule has 2 rings (SSSR count). The van der Waals surface area contributed by atoms with Crippen LogP contribution in [0.2, 0.25) is 0 Å². The number of benzene rings is 1. The van der Waals surface area contributed by atoms with Crippen LogP contribution >= 0.6 is 0 Å². The number of nitrogens with two attached hydrogens (primary N) is 1. The van der Waals surface area contributed by atoms with Gasteiger partial charge in [-0.1, -0.05) is 12.1 Å². The molecule has 1 aliphatic heterocycles. The van der Waals surface area contributed by atoms with Crippen LogP contribution in [-0.4, -0.2) is 37.7 Å². The number of esters is 1. The molecular weight excluding hydrogens is 260 g/mol. The molecule has 1 aromatic carbocycles. The van der Waals surface area contributed by atoms with Gasteiger partial charge < -0.3 is 20.5 Å². The molecule has 1 fully saturated rings. The van der Waals surface area contributed by atoms with Crippen molar-refractivity contribution >= 4 is 11.9 Å². The predicted octanol–water partition coefficient (Wildman–Crippen LogP) is 0.207. The number of rotatable bonds is 4. The third-order valence-corrected chi connectivity index (χ3v) is 3.33. The van der Waals surface area contributed by atoms with Gasteiger partial charge in [-0.05, 0) is 24.1 Å². The van der Waals surface area contributed by atoms with E-state index in [2.05, 4.69) is 10.1 Å². The van der Waals surface area contributed by atoms with Crippen LogP contribution in [-0.2, 0) is 20.8 Å². The Balaban J connectivity index is 1.91. The molecular formula is C14H18N2O4. The summed E-state index contributed by atoms with van der Waals surface area (Å²) in [6, 6.07) is 6.84. The van der Waals surface area contributed by atoms with Gasteiger partial charge in [-0.3, -0.25) is 4.79 Å². The summed E-state index contributed by atoms with van der Waals surface area (Å²) >= 11 is 0. The van der Waals surface area contributed by atoms with E-state index in [4.69, 9.17) is 10.5 Å². The second-order valence-electron chi connectivity index (χ2n) is 4.83.